The lowest BCUT2D eigenvalue weighted by molar-refractivity contribution is -0.121. The smallest absolute Gasteiger partial charge is 0.222 e. The maximum absolute atomic E-state index is 11.1. The number of aromatic nitrogens is 2. The summed E-state index contributed by atoms with van der Waals surface area (Å²) >= 11 is 0. The third-order valence-corrected chi connectivity index (χ3v) is 3.20. The zero-order valence-electron chi connectivity index (χ0n) is 9.89. The van der Waals surface area contributed by atoms with Crippen LogP contribution in [-0.4, -0.2) is 29.0 Å². The van der Waals surface area contributed by atoms with Crippen LogP contribution in [0.3, 0.4) is 0 Å². The van der Waals surface area contributed by atoms with E-state index in [1.807, 2.05) is 6.92 Å². The van der Waals surface area contributed by atoms with Gasteiger partial charge in [-0.3, -0.25) is 4.79 Å². The van der Waals surface area contributed by atoms with Gasteiger partial charge in [0.25, 0.3) is 0 Å². The van der Waals surface area contributed by atoms with E-state index < -0.39 is 0 Å². The Bertz CT molecular complexity index is 434. The van der Waals surface area contributed by atoms with E-state index in [1.54, 1.807) is 0 Å². The molecule has 2 heterocycles. The molecule has 2 rings (SSSR count). The van der Waals surface area contributed by atoms with Crippen molar-refractivity contribution in [3.05, 3.63) is 11.9 Å². The van der Waals surface area contributed by atoms with Crippen molar-refractivity contribution in [1.82, 2.24) is 9.97 Å². The SMILES string of the molecule is CCc1c(N)ncnc1N1CCC(C(N)=O)C1. The summed E-state index contributed by atoms with van der Waals surface area (Å²) < 4.78 is 0. The number of primary amides is 1. The Morgan fingerprint density at radius 2 is 2.35 bits per heavy atom. The van der Waals surface area contributed by atoms with E-state index >= 15 is 0 Å². The number of anilines is 2. The van der Waals surface area contributed by atoms with Gasteiger partial charge < -0.3 is 16.4 Å². The van der Waals surface area contributed by atoms with Gasteiger partial charge in [-0.1, -0.05) is 6.92 Å². The number of hydrogen-bond acceptors (Lipinski definition) is 5. The van der Waals surface area contributed by atoms with Gasteiger partial charge in [0.1, 0.15) is 18.0 Å². The zero-order valence-corrected chi connectivity index (χ0v) is 9.89. The van der Waals surface area contributed by atoms with Crippen LogP contribution in [0.25, 0.3) is 0 Å². The van der Waals surface area contributed by atoms with Crippen LogP contribution >= 0.6 is 0 Å². The molecule has 1 aliphatic rings. The van der Waals surface area contributed by atoms with E-state index in [0.717, 1.165) is 30.8 Å². The third kappa shape index (κ3) is 2.15. The Labute approximate surface area is 100 Å². The summed E-state index contributed by atoms with van der Waals surface area (Å²) in [7, 11) is 0. The number of carbonyl (C=O) groups is 1. The fraction of sp³-hybridized carbons (Fsp3) is 0.545. The van der Waals surface area contributed by atoms with Crippen molar-refractivity contribution < 1.29 is 4.79 Å². The highest BCUT2D eigenvalue weighted by Crippen LogP contribution is 2.27. The topological polar surface area (TPSA) is 98.1 Å². The number of nitrogens with zero attached hydrogens (tertiary/aromatic N) is 3. The summed E-state index contributed by atoms with van der Waals surface area (Å²) in [5.74, 6) is 1.02. The van der Waals surface area contributed by atoms with Crippen LogP contribution in [0, 0.1) is 5.92 Å². The molecule has 1 saturated heterocycles. The molecule has 0 spiro atoms. The molecule has 1 fully saturated rings. The molecule has 0 saturated carbocycles. The molecule has 4 N–H and O–H groups in total. The molecule has 1 aromatic heterocycles. The highest BCUT2D eigenvalue weighted by molar-refractivity contribution is 5.78. The monoisotopic (exact) mass is 235 g/mol. The van der Waals surface area contributed by atoms with Crippen LogP contribution in [-0.2, 0) is 11.2 Å². The molecule has 0 radical (unpaired) electrons. The first kappa shape index (κ1) is 11.6. The van der Waals surface area contributed by atoms with Gasteiger partial charge in [0.15, 0.2) is 0 Å². The fourth-order valence-electron chi connectivity index (χ4n) is 2.21. The molecule has 6 nitrogen and oxygen atoms in total. The first-order valence-corrected chi connectivity index (χ1v) is 5.77. The van der Waals surface area contributed by atoms with Crippen molar-refractivity contribution in [3.63, 3.8) is 0 Å². The Balaban J connectivity index is 2.24. The van der Waals surface area contributed by atoms with Crippen LogP contribution in [0.15, 0.2) is 6.33 Å². The van der Waals surface area contributed by atoms with Gasteiger partial charge in [-0.15, -0.1) is 0 Å². The Morgan fingerprint density at radius 1 is 1.59 bits per heavy atom. The number of rotatable bonds is 3. The summed E-state index contributed by atoms with van der Waals surface area (Å²) in [6, 6.07) is 0. The van der Waals surface area contributed by atoms with Crippen molar-refractivity contribution in [2.75, 3.05) is 23.7 Å². The standard InChI is InChI=1S/C11H17N5O/c1-2-8-9(12)14-6-15-11(8)16-4-3-7(5-16)10(13)17/h6-7H,2-5H2,1H3,(H2,13,17)(H2,12,14,15). The molecular weight excluding hydrogens is 218 g/mol. The number of carbonyl (C=O) groups excluding carboxylic acids is 1. The fourth-order valence-corrected chi connectivity index (χ4v) is 2.21. The van der Waals surface area contributed by atoms with E-state index in [0.29, 0.717) is 12.4 Å². The van der Waals surface area contributed by atoms with Crippen LogP contribution in [0.5, 0.6) is 0 Å². The number of nitrogen functional groups attached to an aromatic ring is 1. The van der Waals surface area contributed by atoms with Gasteiger partial charge >= 0.3 is 0 Å². The van der Waals surface area contributed by atoms with Crippen molar-refractivity contribution in [2.45, 2.75) is 19.8 Å². The second-order valence-electron chi connectivity index (χ2n) is 4.25. The molecule has 0 aromatic carbocycles. The predicted octanol–water partition coefficient (Wildman–Crippen LogP) is -0.0672. The lowest BCUT2D eigenvalue weighted by Crippen LogP contribution is -2.28. The molecule has 1 unspecified atom stereocenters. The molecule has 92 valence electrons. The maximum Gasteiger partial charge on any atom is 0.222 e. The van der Waals surface area contributed by atoms with Crippen LogP contribution in [0.4, 0.5) is 11.6 Å². The lowest BCUT2D eigenvalue weighted by Gasteiger charge is -2.20. The van der Waals surface area contributed by atoms with Gasteiger partial charge in [0.05, 0.1) is 5.92 Å². The molecule has 1 amide bonds. The average molecular weight is 235 g/mol. The zero-order chi connectivity index (χ0) is 12.4. The first-order valence-electron chi connectivity index (χ1n) is 5.77. The van der Waals surface area contributed by atoms with E-state index in [9.17, 15) is 4.79 Å². The largest absolute Gasteiger partial charge is 0.383 e. The van der Waals surface area contributed by atoms with Crippen LogP contribution < -0.4 is 16.4 Å². The molecule has 1 aliphatic heterocycles. The molecule has 17 heavy (non-hydrogen) atoms. The summed E-state index contributed by atoms with van der Waals surface area (Å²) in [5, 5.41) is 0. The Kier molecular flexibility index (Phi) is 3.12. The molecule has 0 aliphatic carbocycles. The Morgan fingerprint density at radius 3 is 2.94 bits per heavy atom. The van der Waals surface area contributed by atoms with E-state index in [-0.39, 0.29) is 11.8 Å². The second kappa shape index (κ2) is 4.57. The highest BCUT2D eigenvalue weighted by Gasteiger charge is 2.28. The van der Waals surface area contributed by atoms with E-state index in [1.165, 1.54) is 6.33 Å². The van der Waals surface area contributed by atoms with Gasteiger partial charge in [-0.25, -0.2) is 9.97 Å². The molecule has 1 atom stereocenters. The summed E-state index contributed by atoms with van der Waals surface area (Å²) in [6.07, 6.45) is 3.02. The van der Waals surface area contributed by atoms with Crippen LogP contribution in [0.2, 0.25) is 0 Å². The number of hydrogen-bond donors (Lipinski definition) is 2. The normalized spacial score (nSPS) is 19.6. The average Bonchev–Trinajstić information content (AvgIpc) is 2.77. The van der Waals surface area contributed by atoms with Crippen LogP contribution in [0.1, 0.15) is 18.9 Å². The third-order valence-electron chi connectivity index (χ3n) is 3.20. The summed E-state index contributed by atoms with van der Waals surface area (Å²) in [5.41, 5.74) is 12.1. The van der Waals surface area contributed by atoms with Gasteiger partial charge in [-0.05, 0) is 12.8 Å². The molecule has 1 aromatic rings. The number of nitrogens with two attached hydrogens (primary N) is 2. The summed E-state index contributed by atoms with van der Waals surface area (Å²) in [4.78, 5) is 21.5. The minimum absolute atomic E-state index is 0.0871. The second-order valence-corrected chi connectivity index (χ2v) is 4.25. The van der Waals surface area contributed by atoms with E-state index in [4.69, 9.17) is 11.5 Å². The van der Waals surface area contributed by atoms with Crippen molar-refractivity contribution >= 4 is 17.5 Å². The minimum atomic E-state index is -0.243. The van der Waals surface area contributed by atoms with Crippen molar-refractivity contribution in [2.24, 2.45) is 11.7 Å². The first-order chi connectivity index (χ1) is 8.13. The maximum atomic E-state index is 11.1. The van der Waals surface area contributed by atoms with Gasteiger partial charge in [0.2, 0.25) is 5.91 Å². The van der Waals surface area contributed by atoms with Crippen molar-refractivity contribution in [3.8, 4) is 0 Å². The number of amides is 1. The van der Waals surface area contributed by atoms with Gasteiger partial charge in [0, 0.05) is 18.7 Å². The predicted molar refractivity (Wildman–Crippen MR) is 65.3 cm³/mol. The quantitative estimate of drug-likeness (QED) is 0.764. The van der Waals surface area contributed by atoms with E-state index in [2.05, 4.69) is 14.9 Å². The highest BCUT2D eigenvalue weighted by atomic mass is 16.1. The molecule has 6 heteroatoms. The minimum Gasteiger partial charge on any atom is -0.383 e. The molecular formula is C11H17N5O. The lowest BCUT2D eigenvalue weighted by atomic mass is 10.1. The van der Waals surface area contributed by atoms with Gasteiger partial charge in [-0.2, -0.15) is 0 Å². The van der Waals surface area contributed by atoms with Crippen molar-refractivity contribution in [1.29, 1.82) is 0 Å². The Hall–Kier alpha value is -1.85. The summed E-state index contributed by atoms with van der Waals surface area (Å²) in [6.45, 7) is 3.43. The molecule has 0 bridgehead atoms.